The van der Waals surface area contributed by atoms with Crippen LogP contribution in [0.4, 0.5) is 0 Å². The Morgan fingerprint density at radius 1 is 1.00 bits per heavy atom. The first kappa shape index (κ1) is 18.6. The largest absolute Gasteiger partial charge is 0.465 e. The summed E-state index contributed by atoms with van der Waals surface area (Å²) in [6.45, 7) is 3.90. The smallest absolute Gasteiger partial charge is 0.337 e. The lowest BCUT2D eigenvalue weighted by Gasteiger charge is -2.34. The third-order valence-corrected chi connectivity index (χ3v) is 5.01. The highest BCUT2D eigenvalue weighted by Gasteiger charge is 2.22. The van der Waals surface area contributed by atoms with Crippen LogP contribution in [-0.2, 0) is 11.3 Å². The molecule has 0 unspecified atom stereocenters. The molecule has 0 N–H and O–H groups in total. The second kappa shape index (κ2) is 8.47. The molecule has 1 heterocycles. The van der Waals surface area contributed by atoms with Crippen molar-refractivity contribution in [3.05, 3.63) is 69.7 Å². The summed E-state index contributed by atoms with van der Waals surface area (Å²) in [6, 6.07) is 15.0. The molecule has 0 saturated carbocycles. The molecule has 1 amide bonds. The molecule has 136 valence electrons. The molecule has 2 aromatic rings. The van der Waals surface area contributed by atoms with Gasteiger partial charge in [-0.1, -0.05) is 34.1 Å². The fraction of sp³-hybridized carbons (Fsp3) is 0.300. The van der Waals surface area contributed by atoms with Gasteiger partial charge in [-0.05, 0) is 35.9 Å². The van der Waals surface area contributed by atoms with Crippen molar-refractivity contribution in [1.82, 2.24) is 9.80 Å². The van der Waals surface area contributed by atoms with E-state index in [1.165, 1.54) is 7.11 Å². The molecule has 5 nitrogen and oxygen atoms in total. The lowest BCUT2D eigenvalue weighted by atomic mass is 10.1. The average Bonchev–Trinajstić information content (AvgIpc) is 2.68. The fourth-order valence-electron chi connectivity index (χ4n) is 3.04. The van der Waals surface area contributed by atoms with Gasteiger partial charge in [-0.2, -0.15) is 0 Å². The molecular weight excluding hydrogens is 396 g/mol. The number of piperazine rings is 1. The monoisotopic (exact) mass is 416 g/mol. The summed E-state index contributed by atoms with van der Waals surface area (Å²) in [7, 11) is 1.38. The van der Waals surface area contributed by atoms with Crippen LogP contribution >= 0.6 is 15.9 Å². The van der Waals surface area contributed by atoms with Crippen molar-refractivity contribution in [2.24, 2.45) is 0 Å². The van der Waals surface area contributed by atoms with Gasteiger partial charge < -0.3 is 9.64 Å². The highest BCUT2D eigenvalue weighted by molar-refractivity contribution is 9.10. The molecule has 1 saturated heterocycles. The zero-order chi connectivity index (χ0) is 18.5. The van der Waals surface area contributed by atoms with E-state index in [2.05, 4.69) is 20.8 Å². The van der Waals surface area contributed by atoms with Gasteiger partial charge in [0.05, 0.1) is 12.7 Å². The third kappa shape index (κ3) is 4.51. The number of carbonyl (C=O) groups is 2. The van der Waals surface area contributed by atoms with E-state index in [-0.39, 0.29) is 11.9 Å². The Morgan fingerprint density at radius 2 is 1.69 bits per heavy atom. The van der Waals surface area contributed by atoms with Crippen molar-refractivity contribution in [1.29, 1.82) is 0 Å². The van der Waals surface area contributed by atoms with Crippen LogP contribution in [0.25, 0.3) is 0 Å². The van der Waals surface area contributed by atoms with Gasteiger partial charge in [0.25, 0.3) is 5.91 Å². The number of benzene rings is 2. The van der Waals surface area contributed by atoms with E-state index in [1.54, 1.807) is 12.1 Å². The molecular formula is C20H21BrN2O3. The maximum atomic E-state index is 12.6. The first-order valence-electron chi connectivity index (χ1n) is 8.51. The molecule has 1 fully saturated rings. The van der Waals surface area contributed by atoms with Gasteiger partial charge >= 0.3 is 5.97 Å². The van der Waals surface area contributed by atoms with Crippen molar-refractivity contribution >= 4 is 27.8 Å². The predicted molar refractivity (Wildman–Crippen MR) is 103 cm³/mol. The van der Waals surface area contributed by atoms with Crippen molar-refractivity contribution in [2.45, 2.75) is 6.54 Å². The summed E-state index contributed by atoms with van der Waals surface area (Å²) in [5.74, 6) is -0.246. The van der Waals surface area contributed by atoms with Crippen LogP contribution < -0.4 is 0 Å². The van der Waals surface area contributed by atoms with Crippen LogP contribution in [0.2, 0.25) is 0 Å². The first-order valence-corrected chi connectivity index (χ1v) is 9.30. The summed E-state index contributed by atoms with van der Waals surface area (Å²) in [5.41, 5.74) is 2.41. The summed E-state index contributed by atoms with van der Waals surface area (Å²) < 4.78 is 5.63. The fourth-order valence-corrected chi connectivity index (χ4v) is 3.43. The molecule has 0 spiro atoms. The molecule has 1 aliphatic rings. The number of nitrogens with zero attached hydrogens (tertiary/aromatic N) is 2. The van der Waals surface area contributed by atoms with E-state index in [0.717, 1.165) is 29.7 Å². The number of rotatable bonds is 4. The molecule has 2 aromatic carbocycles. The average molecular weight is 417 g/mol. The van der Waals surface area contributed by atoms with Crippen LogP contribution in [-0.4, -0.2) is 55.0 Å². The number of amides is 1. The Hall–Kier alpha value is -2.18. The zero-order valence-corrected chi connectivity index (χ0v) is 16.2. The van der Waals surface area contributed by atoms with E-state index in [1.807, 2.05) is 41.3 Å². The Kier molecular flexibility index (Phi) is 6.06. The molecule has 1 aliphatic heterocycles. The van der Waals surface area contributed by atoms with Crippen molar-refractivity contribution in [3.8, 4) is 0 Å². The predicted octanol–water partition coefficient (Wildman–Crippen LogP) is 3.19. The normalized spacial score (nSPS) is 14.9. The third-order valence-electron chi connectivity index (χ3n) is 4.51. The minimum Gasteiger partial charge on any atom is -0.465 e. The minimum atomic E-state index is -0.323. The Labute approximate surface area is 161 Å². The number of ether oxygens (including phenoxy) is 1. The molecule has 0 atom stereocenters. The summed E-state index contributed by atoms with van der Waals surface area (Å²) in [4.78, 5) is 28.3. The van der Waals surface area contributed by atoms with Gasteiger partial charge in [0.1, 0.15) is 0 Å². The highest BCUT2D eigenvalue weighted by Crippen LogP contribution is 2.16. The maximum Gasteiger partial charge on any atom is 0.337 e. The number of hydrogen-bond donors (Lipinski definition) is 0. The Bertz CT molecular complexity index is 784. The number of esters is 1. The maximum absolute atomic E-state index is 12.6. The summed E-state index contributed by atoms with van der Waals surface area (Å²) in [6.07, 6.45) is 0. The molecule has 6 heteroatoms. The molecule has 26 heavy (non-hydrogen) atoms. The standard InChI is InChI=1S/C20H21BrN2O3/c1-26-20(25)16-7-5-15(6-8-16)14-22-9-11-23(12-10-22)19(24)17-3-2-4-18(21)13-17/h2-8,13H,9-12,14H2,1H3. The lowest BCUT2D eigenvalue weighted by molar-refractivity contribution is 0.0599. The van der Waals surface area contributed by atoms with Gasteiger partial charge in [-0.15, -0.1) is 0 Å². The van der Waals surface area contributed by atoms with Gasteiger partial charge in [0, 0.05) is 42.8 Å². The Morgan fingerprint density at radius 3 is 2.31 bits per heavy atom. The minimum absolute atomic E-state index is 0.0772. The Balaban J connectivity index is 1.54. The van der Waals surface area contributed by atoms with E-state index in [4.69, 9.17) is 4.74 Å². The van der Waals surface area contributed by atoms with Gasteiger partial charge in [0.2, 0.25) is 0 Å². The number of methoxy groups -OCH3 is 1. The van der Waals surface area contributed by atoms with Gasteiger partial charge in [-0.3, -0.25) is 9.69 Å². The van der Waals surface area contributed by atoms with Crippen molar-refractivity contribution in [3.63, 3.8) is 0 Å². The highest BCUT2D eigenvalue weighted by atomic mass is 79.9. The van der Waals surface area contributed by atoms with E-state index >= 15 is 0 Å². The van der Waals surface area contributed by atoms with Crippen LogP contribution in [0.15, 0.2) is 53.0 Å². The zero-order valence-electron chi connectivity index (χ0n) is 14.7. The van der Waals surface area contributed by atoms with E-state index in [0.29, 0.717) is 24.2 Å². The van der Waals surface area contributed by atoms with E-state index < -0.39 is 0 Å². The van der Waals surface area contributed by atoms with Crippen LogP contribution in [0.3, 0.4) is 0 Å². The van der Waals surface area contributed by atoms with Crippen molar-refractivity contribution < 1.29 is 14.3 Å². The van der Waals surface area contributed by atoms with Crippen LogP contribution in [0.5, 0.6) is 0 Å². The second-order valence-corrected chi connectivity index (χ2v) is 7.18. The molecule has 0 aromatic heterocycles. The summed E-state index contributed by atoms with van der Waals surface area (Å²) in [5, 5.41) is 0. The van der Waals surface area contributed by atoms with Crippen molar-refractivity contribution in [2.75, 3.05) is 33.3 Å². The molecule has 3 rings (SSSR count). The van der Waals surface area contributed by atoms with E-state index in [9.17, 15) is 9.59 Å². The van der Waals surface area contributed by atoms with Crippen LogP contribution in [0, 0.1) is 0 Å². The first-order chi connectivity index (χ1) is 12.6. The van der Waals surface area contributed by atoms with Crippen LogP contribution in [0.1, 0.15) is 26.3 Å². The number of hydrogen-bond acceptors (Lipinski definition) is 4. The number of halogens is 1. The second-order valence-electron chi connectivity index (χ2n) is 6.27. The molecule has 0 aliphatic carbocycles. The lowest BCUT2D eigenvalue weighted by Crippen LogP contribution is -2.48. The molecule has 0 bridgehead atoms. The number of carbonyl (C=O) groups excluding carboxylic acids is 2. The SMILES string of the molecule is COC(=O)c1ccc(CN2CCN(C(=O)c3cccc(Br)c3)CC2)cc1. The van der Waals surface area contributed by atoms with Gasteiger partial charge in [0.15, 0.2) is 0 Å². The quantitative estimate of drug-likeness (QED) is 0.718. The molecule has 0 radical (unpaired) electrons. The summed E-state index contributed by atoms with van der Waals surface area (Å²) >= 11 is 3.41. The topological polar surface area (TPSA) is 49.9 Å². The van der Waals surface area contributed by atoms with Gasteiger partial charge in [-0.25, -0.2) is 4.79 Å².